The zero-order chi connectivity index (χ0) is 34.3. The summed E-state index contributed by atoms with van der Waals surface area (Å²) in [4.78, 5) is 47.0. The molecule has 12 nitrogen and oxygen atoms in total. The summed E-state index contributed by atoms with van der Waals surface area (Å²) < 4.78 is 0. The third-order valence-electron chi connectivity index (χ3n) is 12.3. The third-order valence-corrected chi connectivity index (χ3v) is 12.3. The molecule has 12 heteroatoms. The van der Waals surface area contributed by atoms with E-state index < -0.39 is 15.5 Å². The lowest BCUT2D eigenvalue weighted by molar-refractivity contribution is -0.393. The van der Waals surface area contributed by atoms with E-state index in [4.69, 9.17) is 5.10 Å². The largest absolute Gasteiger partial charge is 0.393 e. The fourth-order valence-electron chi connectivity index (χ4n) is 9.70. The molecule has 5 rings (SSSR count). The Morgan fingerprint density at radius 2 is 1.83 bits per heavy atom. The van der Waals surface area contributed by atoms with Crippen LogP contribution in [0, 0.1) is 66.6 Å². The van der Waals surface area contributed by atoms with Crippen molar-refractivity contribution in [2.75, 3.05) is 12.0 Å². The van der Waals surface area contributed by atoms with Crippen LogP contribution in [-0.4, -0.2) is 45.0 Å². The molecule has 256 valence electrons. The van der Waals surface area contributed by atoms with Crippen LogP contribution in [0.3, 0.4) is 0 Å². The second-order valence-electron chi connectivity index (χ2n) is 15.1. The summed E-state index contributed by atoms with van der Waals surface area (Å²) in [6, 6.07) is 3.46. The molecule has 3 saturated carbocycles. The van der Waals surface area contributed by atoms with Crippen LogP contribution in [-0.2, 0) is 9.59 Å². The van der Waals surface area contributed by atoms with Crippen molar-refractivity contribution in [1.82, 2.24) is 5.32 Å². The summed E-state index contributed by atoms with van der Waals surface area (Å²) in [6.45, 7) is 10.7. The molecule has 1 aromatic rings. The summed E-state index contributed by atoms with van der Waals surface area (Å²) in [5.41, 5.74) is 4.18. The zero-order valence-electron chi connectivity index (χ0n) is 28.2. The van der Waals surface area contributed by atoms with E-state index in [0.29, 0.717) is 37.6 Å². The highest BCUT2D eigenvalue weighted by atomic mass is 16.6. The fourth-order valence-corrected chi connectivity index (χ4v) is 9.70. The number of carbonyl (C=O) groups excluding carboxylic acids is 2. The van der Waals surface area contributed by atoms with Gasteiger partial charge in [0.15, 0.2) is 0 Å². The zero-order valence-corrected chi connectivity index (χ0v) is 28.2. The quantitative estimate of drug-likeness (QED) is 0.136. The number of carbonyl (C=O) groups is 2. The summed E-state index contributed by atoms with van der Waals surface area (Å²) in [5, 5.41) is 41.2. The molecule has 3 fully saturated rings. The molecule has 0 unspecified atom stereocenters. The van der Waals surface area contributed by atoms with Gasteiger partial charge in [0, 0.05) is 43.5 Å². The first-order chi connectivity index (χ1) is 22.2. The number of rotatable bonds is 11. The van der Waals surface area contributed by atoms with Crippen molar-refractivity contribution in [1.29, 1.82) is 0 Å². The number of non-ortho nitro benzene ring substituents is 1. The Kier molecular flexibility index (Phi) is 9.92. The number of nitro benzene ring substituents is 2. The Labute approximate surface area is 276 Å². The number of hydrazone groups is 1. The van der Waals surface area contributed by atoms with E-state index in [0.717, 1.165) is 50.3 Å². The Hall–Kier alpha value is -3.67. The number of aliphatic hydroxyl groups is 1. The molecular formula is C35H49N5O7. The van der Waals surface area contributed by atoms with Gasteiger partial charge in [0.25, 0.3) is 5.69 Å². The van der Waals surface area contributed by atoms with Gasteiger partial charge < -0.3 is 10.4 Å². The predicted molar refractivity (Wildman–Crippen MR) is 179 cm³/mol. The van der Waals surface area contributed by atoms with Crippen LogP contribution >= 0.6 is 0 Å². The number of ketones is 1. The summed E-state index contributed by atoms with van der Waals surface area (Å²) in [6.07, 6.45) is 9.17. The molecule has 0 saturated heterocycles. The Morgan fingerprint density at radius 1 is 1.09 bits per heavy atom. The molecule has 0 spiro atoms. The van der Waals surface area contributed by atoms with Crippen LogP contribution in [0.5, 0.6) is 0 Å². The SMILES string of the molecule is CC(=O)NC[C@@H](C)CCC(=O)[C@H](C)[C@@H]1/C(=N\Nc2ccc([N+](=O)[O-])cc2[N+](=O)[O-])C[C@H]2[C@H]3CC=C4C[C@@H](O)CC[C@]4(C)[C@@H]3CC[C@@]21C. The van der Waals surface area contributed by atoms with Crippen LogP contribution < -0.4 is 10.7 Å². The lowest BCUT2D eigenvalue weighted by Crippen LogP contribution is -2.51. The molecule has 0 radical (unpaired) electrons. The van der Waals surface area contributed by atoms with Gasteiger partial charge in [-0.1, -0.05) is 39.3 Å². The van der Waals surface area contributed by atoms with Crippen molar-refractivity contribution in [2.45, 2.75) is 98.5 Å². The first kappa shape index (κ1) is 34.7. The third kappa shape index (κ3) is 6.71. The van der Waals surface area contributed by atoms with Crippen molar-refractivity contribution in [3.63, 3.8) is 0 Å². The maximum Gasteiger partial charge on any atom is 0.301 e. The van der Waals surface area contributed by atoms with E-state index in [9.17, 15) is 34.9 Å². The van der Waals surface area contributed by atoms with Crippen LogP contribution in [0.15, 0.2) is 34.9 Å². The second-order valence-corrected chi connectivity index (χ2v) is 15.1. The fraction of sp³-hybridized carbons (Fsp3) is 0.686. The Morgan fingerprint density at radius 3 is 2.51 bits per heavy atom. The van der Waals surface area contributed by atoms with Crippen LogP contribution in [0.4, 0.5) is 17.1 Å². The molecule has 0 bridgehead atoms. The highest BCUT2D eigenvalue weighted by molar-refractivity contribution is 5.96. The molecule has 0 heterocycles. The Balaban J connectivity index is 1.46. The number of nitrogens with one attached hydrogen (secondary N) is 2. The van der Waals surface area contributed by atoms with Gasteiger partial charge in [-0.3, -0.25) is 35.2 Å². The first-order valence-corrected chi connectivity index (χ1v) is 17.1. The minimum absolute atomic E-state index is 0.0436. The molecule has 9 atom stereocenters. The number of fused-ring (bicyclic) bond motifs is 5. The summed E-state index contributed by atoms with van der Waals surface area (Å²) in [5.74, 6) is 0.795. The van der Waals surface area contributed by atoms with Crippen molar-refractivity contribution < 1.29 is 24.5 Å². The van der Waals surface area contributed by atoms with E-state index in [1.54, 1.807) is 0 Å². The van der Waals surface area contributed by atoms with Gasteiger partial charge in [0.05, 0.1) is 22.0 Å². The first-order valence-electron chi connectivity index (χ1n) is 17.1. The van der Waals surface area contributed by atoms with Crippen LogP contribution in [0.25, 0.3) is 0 Å². The van der Waals surface area contributed by atoms with Gasteiger partial charge >= 0.3 is 5.69 Å². The number of anilines is 1. The Bertz CT molecular complexity index is 1490. The van der Waals surface area contributed by atoms with Gasteiger partial charge in [-0.2, -0.15) is 5.10 Å². The smallest absolute Gasteiger partial charge is 0.301 e. The van der Waals surface area contributed by atoms with Gasteiger partial charge in [-0.15, -0.1) is 0 Å². The lowest BCUT2D eigenvalue weighted by Gasteiger charge is -2.58. The van der Waals surface area contributed by atoms with Crippen LogP contribution in [0.2, 0.25) is 0 Å². The van der Waals surface area contributed by atoms with E-state index in [2.05, 4.69) is 30.7 Å². The molecule has 1 amide bonds. The highest BCUT2D eigenvalue weighted by Crippen LogP contribution is 2.66. The maximum atomic E-state index is 13.9. The van der Waals surface area contributed by atoms with Crippen LogP contribution in [0.1, 0.15) is 92.4 Å². The molecule has 4 aliphatic rings. The maximum absolute atomic E-state index is 13.9. The van der Waals surface area contributed by atoms with Crippen molar-refractivity contribution in [3.8, 4) is 0 Å². The number of benzene rings is 1. The topological polar surface area (TPSA) is 177 Å². The average molecular weight is 652 g/mol. The molecule has 3 N–H and O–H groups in total. The number of nitro groups is 2. The van der Waals surface area contributed by atoms with E-state index in [1.807, 2.05) is 13.8 Å². The van der Waals surface area contributed by atoms with Gasteiger partial charge in [-0.05, 0) is 91.9 Å². The molecule has 0 aliphatic heterocycles. The number of Topliss-reactive ketones (excluding diaryl/α,β-unsaturated/α-hetero) is 1. The van der Waals surface area contributed by atoms with E-state index in [1.165, 1.54) is 24.6 Å². The van der Waals surface area contributed by atoms with E-state index >= 15 is 0 Å². The molecular weight excluding hydrogens is 602 g/mol. The van der Waals surface area contributed by atoms with Crippen molar-refractivity contribution in [3.05, 3.63) is 50.1 Å². The molecule has 4 aliphatic carbocycles. The minimum Gasteiger partial charge on any atom is -0.393 e. The standard InChI is InChI=1S/C35H49N5O7/c1-20(19-36-22(3)41)6-11-32(43)21(2)33-30(38-37-29-10-8-24(39(44)45)17-31(29)40(46)47)18-28-26-9-7-23-16-25(42)12-14-34(23,4)27(26)13-15-35(28,33)5/h7-8,10,17,20-21,25-28,33,37,42H,6,9,11-16,18-19H2,1-5H3,(H,36,41)/b38-30-/t20-,21-,25-,26-,27+,28-,33+,34-,35-/m0/s1. The molecule has 0 aromatic heterocycles. The van der Waals surface area contributed by atoms with Crippen molar-refractivity contribution >= 4 is 34.5 Å². The molecule has 1 aromatic carbocycles. The average Bonchev–Trinajstić information content (AvgIpc) is 3.33. The lowest BCUT2D eigenvalue weighted by atomic mass is 9.47. The number of allylic oxidation sites excluding steroid dienone is 1. The van der Waals surface area contributed by atoms with Gasteiger partial charge in [-0.25, -0.2) is 0 Å². The second kappa shape index (κ2) is 13.4. The number of hydrogen-bond donors (Lipinski definition) is 3. The monoisotopic (exact) mass is 651 g/mol. The number of nitrogens with zero attached hydrogens (tertiary/aromatic N) is 3. The predicted octanol–water partition coefficient (Wildman–Crippen LogP) is 6.58. The minimum atomic E-state index is -0.667. The highest BCUT2D eigenvalue weighted by Gasteiger charge is 2.61. The number of amides is 1. The van der Waals surface area contributed by atoms with E-state index in [-0.39, 0.29) is 63.7 Å². The number of hydrogen-bond acceptors (Lipinski definition) is 9. The summed E-state index contributed by atoms with van der Waals surface area (Å²) in [7, 11) is 0. The summed E-state index contributed by atoms with van der Waals surface area (Å²) >= 11 is 0. The van der Waals surface area contributed by atoms with Gasteiger partial charge in [0.2, 0.25) is 5.91 Å². The van der Waals surface area contributed by atoms with Gasteiger partial charge in [0.1, 0.15) is 11.5 Å². The number of aliphatic hydroxyl groups excluding tert-OH is 1. The van der Waals surface area contributed by atoms with Crippen molar-refractivity contribution in [2.24, 2.45) is 51.4 Å². The normalized spacial score (nSPS) is 33.4. The molecule has 47 heavy (non-hydrogen) atoms.